The maximum atomic E-state index is 13.6. The van der Waals surface area contributed by atoms with Crippen molar-refractivity contribution in [1.82, 2.24) is 24.8 Å². The van der Waals surface area contributed by atoms with Crippen LogP contribution in [0, 0.1) is 0 Å². The van der Waals surface area contributed by atoms with E-state index in [1.54, 1.807) is 4.90 Å². The Labute approximate surface area is 220 Å². The van der Waals surface area contributed by atoms with Crippen LogP contribution in [0.2, 0.25) is 0 Å². The molecule has 0 spiro atoms. The average molecular weight is 525 g/mol. The third-order valence-corrected chi connectivity index (χ3v) is 6.86. The molecule has 5 rings (SSSR count). The minimum atomic E-state index is -4.46. The lowest BCUT2D eigenvalue weighted by molar-refractivity contribution is -0.137. The van der Waals surface area contributed by atoms with Crippen molar-refractivity contribution >= 4 is 23.3 Å². The Balaban J connectivity index is 1.38. The lowest BCUT2D eigenvalue weighted by atomic mass is 10.2. The summed E-state index contributed by atoms with van der Waals surface area (Å²) in [6, 6.07) is 2.40. The summed E-state index contributed by atoms with van der Waals surface area (Å²) in [5.74, 6) is 1.74. The SMILES string of the molecule is C=CCN1CCN(c2nc(C3=CCC=CC=C3)nc(N3CCN(c4ncccc4C(F)(F)F)CC3)n2)CC1. The summed E-state index contributed by atoms with van der Waals surface area (Å²) in [7, 11) is 0. The van der Waals surface area contributed by atoms with Gasteiger partial charge in [-0.05, 0) is 18.6 Å². The Morgan fingerprint density at radius 1 is 0.868 bits per heavy atom. The number of aromatic nitrogens is 4. The fourth-order valence-corrected chi connectivity index (χ4v) is 4.81. The van der Waals surface area contributed by atoms with Crippen LogP contribution in [0.3, 0.4) is 0 Å². The molecule has 200 valence electrons. The largest absolute Gasteiger partial charge is 0.419 e. The van der Waals surface area contributed by atoms with Crippen molar-refractivity contribution in [2.45, 2.75) is 12.6 Å². The molecule has 0 bridgehead atoms. The van der Waals surface area contributed by atoms with E-state index < -0.39 is 11.7 Å². The molecule has 4 heterocycles. The predicted octanol–water partition coefficient (Wildman–Crippen LogP) is 3.82. The van der Waals surface area contributed by atoms with E-state index in [0.717, 1.165) is 50.8 Å². The zero-order chi connectivity index (χ0) is 26.5. The van der Waals surface area contributed by atoms with Gasteiger partial charge in [0.15, 0.2) is 5.82 Å². The third-order valence-electron chi connectivity index (χ3n) is 6.86. The molecule has 2 aliphatic heterocycles. The van der Waals surface area contributed by atoms with Gasteiger partial charge < -0.3 is 14.7 Å². The molecule has 0 aromatic carbocycles. The Bertz CT molecular complexity index is 1220. The lowest BCUT2D eigenvalue weighted by Crippen LogP contribution is -2.49. The highest BCUT2D eigenvalue weighted by atomic mass is 19.4. The van der Waals surface area contributed by atoms with E-state index in [0.29, 0.717) is 43.9 Å². The number of piperazine rings is 2. The number of alkyl halides is 3. The Kier molecular flexibility index (Phi) is 7.73. The Morgan fingerprint density at radius 3 is 2.18 bits per heavy atom. The van der Waals surface area contributed by atoms with E-state index in [-0.39, 0.29) is 5.82 Å². The zero-order valence-corrected chi connectivity index (χ0v) is 21.2. The first kappa shape index (κ1) is 25.9. The topological polar surface area (TPSA) is 64.5 Å². The molecule has 1 aliphatic carbocycles. The normalized spacial score (nSPS) is 18.9. The van der Waals surface area contributed by atoms with Crippen molar-refractivity contribution in [2.24, 2.45) is 0 Å². The van der Waals surface area contributed by atoms with Gasteiger partial charge in [0.25, 0.3) is 0 Å². The van der Waals surface area contributed by atoms with E-state index in [1.165, 1.54) is 12.3 Å². The number of anilines is 3. The standard InChI is InChI=1S/C27H31F3N8/c1-2-12-35-13-15-37(16-14-35)25-32-23(21-8-5-3-4-6-9-21)33-26(34-25)38-19-17-36(18-20-38)24-22(27(28,29)30)10-7-11-31-24/h2-5,7-11H,1,6,12-20H2. The molecule has 2 fully saturated rings. The molecule has 0 radical (unpaired) electrons. The van der Waals surface area contributed by atoms with Crippen LogP contribution in [0.25, 0.3) is 5.57 Å². The molecule has 0 atom stereocenters. The smallest absolute Gasteiger partial charge is 0.353 e. The second-order valence-electron chi connectivity index (χ2n) is 9.36. The number of rotatable bonds is 6. The molecule has 2 saturated heterocycles. The highest BCUT2D eigenvalue weighted by molar-refractivity contribution is 5.71. The van der Waals surface area contributed by atoms with Crippen molar-refractivity contribution < 1.29 is 13.2 Å². The molecular weight excluding hydrogens is 493 g/mol. The number of hydrogen-bond acceptors (Lipinski definition) is 8. The minimum Gasteiger partial charge on any atom is -0.353 e. The first-order valence-corrected chi connectivity index (χ1v) is 12.8. The average Bonchev–Trinajstić information content (AvgIpc) is 3.23. The Hall–Kier alpha value is -3.73. The summed E-state index contributed by atoms with van der Waals surface area (Å²) < 4.78 is 40.7. The van der Waals surface area contributed by atoms with E-state index in [1.807, 2.05) is 29.2 Å². The number of pyridine rings is 1. The summed E-state index contributed by atoms with van der Waals surface area (Å²) in [5.41, 5.74) is 0.210. The molecule has 0 unspecified atom stereocenters. The number of allylic oxidation sites excluding steroid dienone is 6. The fraction of sp³-hybridized carbons (Fsp3) is 0.407. The molecule has 3 aliphatic rings. The molecule has 0 N–H and O–H groups in total. The molecule has 0 saturated carbocycles. The van der Waals surface area contributed by atoms with E-state index >= 15 is 0 Å². The molecule has 38 heavy (non-hydrogen) atoms. The van der Waals surface area contributed by atoms with Gasteiger partial charge in [-0.3, -0.25) is 4.90 Å². The lowest BCUT2D eigenvalue weighted by Gasteiger charge is -2.37. The monoisotopic (exact) mass is 524 g/mol. The molecule has 8 nitrogen and oxygen atoms in total. The highest BCUT2D eigenvalue weighted by Crippen LogP contribution is 2.35. The first-order chi connectivity index (χ1) is 18.4. The van der Waals surface area contributed by atoms with Gasteiger partial charge >= 0.3 is 6.18 Å². The van der Waals surface area contributed by atoms with Crippen molar-refractivity contribution in [2.75, 3.05) is 73.6 Å². The van der Waals surface area contributed by atoms with Crippen LogP contribution in [-0.2, 0) is 6.18 Å². The Morgan fingerprint density at radius 2 is 1.53 bits per heavy atom. The minimum absolute atomic E-state index is 0.0321. The van der Waals surface area contributed by atoms with Gasteiger partial charge in [0.1, 0.15) is 5.82 Å². The maximum Gasteiger partial charge on any atom is 0.419 e. The number of nitrogens with zero attached hydrogens (tertiary/aromatic N) is 8. The van der Waals surface area contributed by atoms with Gasteiger partial charge in [0.2, 0.25) is 11.9 Å². The van der Waals surface area contributed by atoms with Gasteiger partial charge in [-0.2, -0.15) is 28.1 Å². The molecule has 2 aromatic rings. The van der Waals surface area contributed by atoms with Crippen molar-refractivity contribution in [3.8, 4) is 0 Å². The number of hydrogen-bond donors (Lipinski definition) is 0. The summed E-state index contributed by atoms with van der Waals surface area (Å²) >= 11 is 0. The number of halogens is 3. The second-order valence-corrected chi connectivity index (χ2v) is 9.36. The maximum absolute atomic E-state index is 13.6. The van der Waals surface area contributed by atoms with Gasteiger partial charge in [-0.25, -0.2) is 4.98 Å². The molecule has 0 amide bonds. The van der Waals surface area contributed by atoms with E-state index in [9.17, 15) is 13.2 Å². The van der Waals surface area contributed by atoms with Crippen molar-refractivity contribution in [3.63, 3.8) is 0 Å². The van der Waals surface area contributed by atoms with Crippen LogP contribution in [-0.4, -0.2) is 83.7 Å². The van der Waals surface area contributed by atoms with Gasteiger partial charge in [0.05, 0.1) is 5.56 Å². The second kappa shape index (κ2) is 11.3. The molecule has 2 aromatic heterocycles. The summed E-state index contributed by atoms with van der Waals surface area (Å²) in [6.07, 6.45) is 9.75. The van der Waals surface area contributed by atoms with Crippen LogP contribution in [0.5, 0.6) is 0 Å². The highest BCUT2D eigenvalue weighted by Gasteiger charge is 2.36. The fourth-order valence-electron chi connectivity index (χ4n) is 4.81. The van der Waals surface area contributed by atoms with Crippen molar-refractivity contribution in [3.05, 3.63) is 72.8 Å². The third kappa shape index (κ3) is 5.88. The van der Waals surface area contributed by atoms with Crippen molar-refractivity contribution in [1.29, 1.82) is 0 Å². The van der Waals surface area contributed by atoms with Gasteiger partial charge in [0, 0.05) is 70.7 Å². The van der Waals surface area contributed by atoms with Crippen LogP contribution in [0.1, 0.15) is 17.8 Å². The van der Waals surface area contributed by atoms with E-state index in [2.05, 4.69) is 33.5 Å². The first-order valence-electron chi connectivity index (χ1n) is 12.8. The van der Waals surface area contributed by atoms with Crippen LogP contribution in [0.15, 0.2) is 61.4 Å². The molecule has 11 heteroatoms. The predicted molar refractivity (Wildman–Crippen MR) is 143 cm³/mol. The summed E-state index contributed by atoms with van der Waals surface area (Å²) in [6.45, 7) is 9.75. The molecular formula is C27H31F3N8. The van der Waals surface area contributed by atoms with E-state index in [4.69, 9.17) is 15.0 Å². The van der Waals surface area contributed by atoms with Gasteiger partial charge in [-0.1, -0.05) is 36.5 Å². The van der Waals surface area contributed by atoms with Crippen LogP contribution < -0.4 is 14.7 Å². The van der Waals surface area contributed by atoms with Crippen LogP contribution >= 0.6 is 0 Å². The van der Waals surface area contributed by atoms with Crippen LogP contribution in [0.4, 0.5) is 30.9 Å². The zero-order valence-electron chi connectivity index (χ0n) is 21.2. The summed E-state index contributed by atoms with van der Waals surface area (Å²) in [4.78, 5) is 26.7. The summed E-state index contributed by atoms with van der Waals surface area (Å²) in [5, 5.41) is 0. The van der Waals surface area contributed by atoms with Gasteiger partial charge in [-0.15, -0.1) is 6.58 Å². The quantitative estimate of drug-likeness (QED) is 0.529.